The van der Waals surface area contributed by atoms with Gasteiger partial charge < -0.3 is 20.1 Å². The van der Waals surface area contributed by atoms with Gasteiger partial charge in [-0.05, 0) is 43.0 Å². The monoisotopic (exact) mass is 386 g/mol. The van der Waals surface area contributed by atoms with Crippen molar-refractivity contribution in [1.82, 2.24) is 10.6 Å². The Bertz CT molecular complexity index is 655. The van der Waals surface area contributed by atoms with Gasteiger partial charge in [-0.1, -0.05) is 24.4 Å². The van der Waals surface area contributed by atoms with E-state index in [4.69, 9.17) is 21.1 Å². The van der Waals surface area contributed by atoms with E-state index in [1.807, 2.05) is 12.1 Å². The summed E-state index contributed by atoms with van der Waals surface area (Å²) in [5.74, 6) is 1.90. The van der Waals surface area contributed by atoms with Crippen molar-refractivity contribution in [1.29, 1.82) is 0 Å². The van der Waals surface area contributed by atoms with Gasteiger partial charge in [0.15, 0.2) is 11.5 Å². The molecular weight excluding hydrogens is 363 g/mol. The molecule has 0 aromatic heterocycles. The number of amides is 1. The third-order valence-electron chi connectivity index (χ3n) is 5.60. The normalized spacial score (nSPS) is 27.2. The summed E-state index contributed by atoms with van der Waals surface area (Å²) < 4.78 is 11.1. The molecule has 1 saturated heterocycles. The SMILES string of the molecule is Cl.O=C(NCc1cc(Cl)c2c(c1)OCCO2)[C@@]12CCCC[C@H]1CNC2. The molecular formula is C18H24Cl2N2O3. The molecule has 0 unspecified atom stereocenters. The Morgan fingerprint density at radius 1 is 1.32 bits per heavy atom. The maximum atomic E-state index is 12.9. The summed E-state index contributed by atoms with van der Waals surface area (Å²) in [6.07, 6.45) is 4.51. The molecule has 2 aliphatic heterocycles. The van der Waals surface area contributed by atoms with E-state index in [2.05, 4.69) is 10.6 Å². The Morgan fingerprint density at radius 3 is 3.04 bits per heavy atom. The van der Waals surface area contributed by atoms with Gasteiger partial charge >= 0.3 is 0 Å². The second kappa shape index (κ2) is 7.60. The van der Waals surface area contributed by atoms with E-state index < -0.39 is 0 Å². The van der Waals surface area contributed by atoms with E-state index in [0.29, 0.717) is 42.2 Å². The lowest BCUT2D eigenvalue weighted by Gasteiger charge is -2.37. The highest BCUT2D eigenvalue weighted by Crippen LogP contribution is 2.44. The maximum Gasteiger partial charge on any atom is 0.228 e. The van der Waals surface area contributed by atoms with Gasteiger partial charge in [0.2, 0.25) is 5.91 Å². The molecule has 1 amide bonds. The largest absolute Gasteiger partial charge is 0.486 e. The number of hydrogen-bond acceptors (Lipinski definition) is 4. The number of halogens is 2. The minimum absolute atomic E-state index is 0. The van der Waals surface area contributed by atoms with Crippen LogP contribution >= 0.6 is 24.0 Å². The molecule has 0 radical (unpaired) electrons. The van der Waals surface area contributed by atoms with Gasteiger partial charge in [-0.15, -0.1) is 12.4 Å². The Hall–Kier alpha value is -1.17. The molecule has 138 valence electrons. The third kappa shape index (κ3) is 3.42. The highest BCUT2D eigenvalue weighted by Gasteiger charge is 2.49. The number of rotatable bonds is 3. The predicted octanol–water partition coefficient (Wildman–Crippen LogP) is 2.93. The van der Waals surface area contributed by atoms with Crippen LogP contribution in [-0.2, 0) is 11.3 Å². The molecule has 3 aliphatic rings. The van der Waals surface area contributed by atoms with Crippen LogP contribution in [0.1, 0.15) is 31.2 Å². The van der Waals surface area contributed by atoms with Gasteiger partial charge in [0.05, 0.1) is 10.4 Å². The maximum absolute atomic E-state index is 12.9. The molecule has 25 heavy (non-hydrogen) atoms. The molecule has 4 rings (SSSR count). The van der Waals surface area contributed by atoms with Crippen molar-refractivity contribution in [3.63, 3.8) is 0 Å². The summed E-state index contributed by atoms with van der Waals surface area (Å²) in [5.41, 5.74) is 0.711. The Morgan fingerprint density at radius 2 is 2.16 bits per heavy atom. The predicted molar refractivity (Wildman–Crippen MR) is 98.8 cm³/mol. The second-order valence-corrected chi connectivity index (χ2v) is 7.42. The fourth-order valence-corrected chi connectivity index (χ4v) is 4.60. The van der Waals surface area contributed by atoms with E-state index in [1.165, 1.54) is 6.42 Å². The molecule has 1 aliphatic carbocycles. The standard InChI is InChI=1S/C18H23ClN2O3.ClH/c19-14-7-12(8-15-16(14)24-6-5-23-15)9-21-17(22)18-4-2-1-3-13(18)10-20-11-18;/h7-8,13,20H,1-6,9-11H2,(H,21,22);1H/t13-,18+;/m0./s1. The Balaban J connectivity index is 0.00000182. The van der Waals surface area contributed by atoms with Crippen molar-refractivity contribution < 1.29 is 14.3 Å². The first-order valence-electron chi connectivity index (χ1n) is 8.76. The topological polar surface area (TPSA) is 59.6 Å². The van der Waals surface area contributed by atoms with Crippen LogP contribution in [0.3, 0.4) is 0 Å². The van der Waals surface area contributed by atoms with E-state index in [0.717, 1.165) is 37.9 Å². The lowest BCUT2D eigenvalue weighted by Crippen LogP contribution is -2.47. The molecule has 1 saturated carbocycles. The molecule has 2 atom stereocenters. The summed E-state index contributed by atoms with van der Waals surface area (Å²) in [6, 6.07) is 3.75. The lowest BCUT2D eigenvalue weighted by molar-refractivity contribution is -0.134. The van der Waals surface area contributed by atoms with Crippen LogP contribution in [0.25, 0.3) is 0 Å². The van der Waals surface area contributed by atoms with Gasteiger partial charge in [0.25, 0.3) is 0 Å². The first kappa shape index (κ1) is 18.6. The quantitative estimate of drug-likeness (QED) is 0.838. The van der Waals surface area contributed by atoms with E-state index in [-0.39, 0.29) is 23.7 Å². The second-order valence-electron chi connectivity index (χ2n) is 7.01. The molecule has 1 aromatic rings. The van der Waals surface area contributed by atoms with Gasteiger partial charge in [-0.3, -0.25) is 4.79 Å². The first-order valence-corrected chi connectivity index (χ1v) is 9.14. The highest BCUT2D eigenvalue weighted by molar-refractivity contribution is 6.32. The number of carbonyl (C=O) groups excluding carboxylic acids is 1. The highest BCUT2D eigenvalue weighted by atomic mass is 35.5. The van der Waals surface area contributed by atoms with Crippen molar-refractivity contribution in [3.05, 3.63) is 22.7 Å². The number of ether oxygens (including phenoxy) is 2. The van der Waals surface area contributed by atoms with E-state index in [9.17, 15) is 4.79 Å². The molecule has 7 heteroatoms. The van der Waals surface area contributed by atoms with Gasteiger partial charge in [-0.25, -0.2) is 0 Å². The lowest BCUT2D eigenvalue weighted by atomic mass is 9.67. The van der Waals surface area contributed by atoms with Crippen LogP contribution < -0.4 is 20.1 Å². The molecule has 0 bridgehead atoms. The summed E-state index contributed by atoms with van der Waals surface area (Å²) in [7, 11) is 0. The summed E-state index contributed by atoms with van der Waals surface area (Å²) in [4.78, 5) is 12.9. The van der Waals surface area contributed by atoms with Crippen molar-refractivity contribution >= 4 is 29.9 Å². The molecule has 5 nitrogen and oxygen atoms in total. The first-order chi connectivity index (χ1) is 11.7. The minimum Gasteiger partial charge on any atom is -0.486 e. The van der Waals surface area contributed by atoms with Crippen LogP contribution in [-0.4, -0.2) is 32.2 Å². The molecule has 2 fully saturated rings. The van der Waals surface area contributed by atoms with Gasteiger partial charge in [-0.2, -0.15) is 0 Å². The number of hydrogen-bond donors (Lipinski definition) is 2. The number of nitrogens with one attached hydrogen (secondary N) is 2. The van der Waals surface area contributed by atoms with E-state index in [1.54, 1.807) is 0 Å². The fourth-order valence-electron chi connectivity index (χ4n) is 4.32. The van der Waals surface area contributed by atoms with Crippen LogP contribution in [0, 0.1) is 11.3 Å². The molecule has 2 N–H and O–H groups in total. The summed E-state index contributed by atoms with van der Waals surface area (Å²) in [6.45, 7) is 3.26. The molecule has 0 spiro atoms. The number of benzene rings is 1. The number of carbonyl (C=O) groups is 1. The molecule has 1 aromatic carbocycles. The van der Waals surface area contributed by atoms with Crippen molar-refractivity contribution in [2.24, 2.45) is 11.3 Å². The van der Waals surface area contributed by atoms with Crippen molar-refractivity contribution in [2.75, 3.05) is 26.3 Å². The average molecular weight is 387 g/mol. The zero-order valence-corrected chi connectivity index (χ0v) is 15.7. The average Bonchev–Trinajstić information content (AvgIpc) is 3.05. The Kier molecular flexibility index (Phi) is 5.66. The smallest absolute Gasteiger partial charge is 0.228 e. The van der Waals surface area contributed by atoms with Crippen molar-refractivity contribution in [3.8, 4) is 11.5 Å². The zero-order valence-electron chi connectivity index (χ0n) is 14.1. The fraction of sp³-hybridized carbons (Fsp3) is 0.611. The zero-order chi connectivity index (χ0) is 16.6. The van der Waals surface area contributed by atoms with Crippen LogP contribution in [0.4, 0.5) is 0 Å². The van der Waals surface area contributed by atoms with Crippen molar-refractivity contribution in [2.45, 2.75) is 32.2 Å². The minimum atomic E-state index is -0.226. The molecule has 2 heterocycles. The summed E-state index contributed by atoms with van der Waals surface area (Å²) in [5, 5.41) is 7.08. The van der Waals surface area contributed by atoms with Crippen LogP contribution in [0.15, 0.2) is 12.1 Å². The van der Waals surface area contributed by atoms with Crippen LogP contribution in [0.2, 0.25) is 5.02 Å². The van der Waals surface area contributed by atoms with Crippen LogP contribution in [0.5, 0.6) is 11.5 Å². The van der Waals surface area contributed by atoms with Gasteiger partial charge in [0, 0.05) is 13.1 Å². The number of fused-ring (bicyclic) bond motifs is 2. The Labute approximate surface area is 159 Å². The van der Waals surface area contributed by atoms with Gasteiger partial charge in [0.1, 0.15) is 13.2 Å². The third-order valence-corrected chi connectivity index (χ3v) is 5.88. The summed E-state index contributed by atoms with van der Waals surface area (Å²) >= 11 is 6.27. The van der Waals surface area contributed by atoms with E-state index >= 15 is 0 Å².